The first-order valence-electron chi connectivity index (χ1n) is 3.96. The molecule has 1 aromatic rings. The summed E-state index contributed by atoms with van der Waals surface area (Å²) in [7, 11) is 0. The van der Waals surface area contributed by atoms with Crippen LogP contribution in [0.3, 0.4) is 0 Å². The fourth-order valence-corrected chi connectivity index (χ4v) is 0.618. The normalized spacial score (nSPS) is 7.86. The Morgan fingerprint density at radius 3 is 1.93 bits per heavy atom. The van der Waals surface area contributed by atoms with Crippen molar-refractivity contribution in [3.05, 3.63) is 29.8 Å². The third kappa shape index (κ3) is 6.60. The Morgan fingerprint density at radius 1 is 1.14 bits per heavy atom. The minimum atomic E-state index is 0. The Kier molecular flexibility index (Phi) is 11.3. The van der Waals surface area contributed by atoms with Crippen molar-refractivity contribution in [3.8, 4) is 0 Å². The average Bonchev–Trinajstić information content (AvgIpc) is 2.19. The van der Waals surface area contributed by atoms with Gasteiger partial charge in [0.05, 0.1) is 0 Å². The van der Waals surface area contributed by atoms with Crippen LogP contribution in [0.25, 0.3) is 0 Å². The van der Waals surface area contributed by atoms with E-state index in [2.05, 4.69) is 0 Å². The fraction of sp³-hybridized carbons (Fsp3) is 0.222. The van der Waals surface area contributed by atoms with Gasteiger partial charge in [-0.3, -0.25) is 4.79 Å². The van der Waals surface area contributed by atoms with Crippen LogP contribution < -0.4 is 17.2 Å². The van der Waals surface area contributed by atoms with E-state index in [-0.39, 0.29) is 16.5 Å². The van der Waals surface area contributed by atoms with Crippen molar-refractivity contribution < 1.29 is 21.3 Å². The van der Waals surface area contributed by atoms with Gasteiger partial charge < -0.3 is 17.2 Å². The maximum atomic E-state index is 10.1. The molecule has 0 aromatic heterocycles. The zero-order valence-corrected chi connectivity index (χ0v) is 8.75. The Bertz CT molecular complexity index is 254. The molecule has 0 atom stereocenters. The molecule has 1 aromatic carbocycles. The first-order valence-corrected chi connectivity index (χ1v) is 3.96. The van der Waals surface area contributed by atoms with Crippen LogP contribution in [-0.2, 0) is 16.5 Å². The second-order valence-corrected chi connectivity index (χ2v) is 2.32. The van der Waals surface area contributed by atoms with Gasteiger partial charge >= 0.3 is 0 Å². The molecule has 0 radical (unpaired) electrons. The van der Waals surface area contributed by atoms with E-state index < -0.39 is 0 Å². The average molecular weight is 240 g/mol. The molecule has 0 saturated carbocycles. The smallest absolute Gasteiger partial charge is 0.152 e. The molecule has 0 aliphatic heterocycles. The maximum Gasteiger partial charge on any atom is 0.152 e. The SMILES string of the molecule is NCCN.Nc1ccccc1C=O.[Ni]. The molecule has 0 bridgehead atoms. The first kappa shape index (κ1) is 15.6. The number of hydrogen-bond acceptors (Lipinski definition) is 4. The summed E-state index contributed by atoms with van der Waals surface area (Å²) in [6.45, 7) is 1.19. The summed E-state index contributed by atoms with van der Waals surface area (Å²) in [5.41, 5.74) is 16.3. The second-order valence-electron chi connectivity index (χ2n) is 2.32. The number of nitrogen functional groups attached to an aromatic ring is 1. The van der Waals surface area contributed by atoms with Gasteiger partial charge in [0.15, 0.2) is 6.29 Å². The Balaban J connectivity index is 0. The summed E-state index contributed by atoms with van der Waals surface area (Å²) in [6.07, 6.45) is 0.745. The van der Waals surface area contributed by atoms with Crippen LogP contribution in [0.1, 0.15) is 10.4 Å². The summed E-state index contributed by atoms with van der Waals surface area (Å²) in [4.78, 5) is 10.1. The van der Waals surface area contributed by atoms with Gasteiger partial charge in [-0.05, 0) is 12.1 Å². The molecule has 0 fully saturated rings. The largest absolute Gasteiger partial charge is 0.398 e. The molecule has 0 unspecified atom stereocenters. The molecule has 0 heterocycles. The molecule has 82 valence electrons. The standard InChI is InChI=1S/C7H7NO.C2H8N2.Ni/c8-7-4-2-1-3-6(7)5-9;3-1-2-4;/h1-5H,8H2;1-4H2;. The number of rotatable bonds is 2. The number of nitrogens with two attached hydrogens (primary N) is 3. The Hall–Kier alpha value is -0.896. The van der Waals surface area contributed by atoms with E-state index in [1.165, 1.54) is 0 Å². The minimum absolute atomic E-state index is 0. The van der Waals surface area contributed by atoms with Crippen molar-refractivity contribution in [2.75, 3.05) is 18.8 Å². The van der Waals surface area contributed by atoms with Gasteiger partial charge in [0, 0.05) is 40.8 Å². The number of aldehydes is 1. The molecule has 0 spiro atoms. The number of carbonyl (C=O) groups is 1. The van der Waals surface area contributed by atoms with Crippen LogP contribution in [0.4, 0.5) is 5.69 Å². The van der Waals surface area contributed by atoms with Crippen molar-refractivity contribution in [3.63, 3.8) is 0 Å². The van der Waals surface area contributed by atoms with Gasteiger partial charge in [-0.1, -0.05) is 12.1 Å². The molecule has 0 saturated heterocycles. The van der Waals surface area contributed by atoms with E-state index in [1.807, 2.05) is 0 Å². The third-order valence-corrected chi connectivity index (χ3v) is 1.29. The van der Waals surface area contributed by atoms with Crippen LogP contribution in [0.2, 0.25) is 0 Å². The minimum Gasteiger partial charge on any atom is -0.398 e. The number of para-hydroxylation sites is 1. The van der Waals surface area contributed by atoms with Crippen molar-refractivity contribution in [2.45, 2.75) is 0 Å². The van der Waals surface area contributed by atoms with E-state index in [1.54, 1.807) is 24.3 Å². The molecule has 1 rings (SSSR count). The van der Waals surface area contributed by atoms with Gasteiger partial charge in [-0.25, -0.2) is 0 Å². The molecule has 5 heteroatoms. The summed E-state index contributed by atoms with van der Waals surface area (Å²) in [5, 5.41) is 0. The molecule has 0 amide bonds. The van der Waals surface area contributed by atoms with E-state index in [0.717, 1.165) is 6.29 Å². The topological polar surface area (TPSA) is 95.1 Å². The molecular weight excluding hydrogens is 225 g/mol. The van der Waals surface area contributed by atoms with Crippen molar-refractivity contribution >= 4 is 12.0 Å². The van der Waals surface area contributed by atoms with Crippen LogP contribution in [0.15, 0.2) is 24.3 Å². The van der Waals surface area contributed by atoms with E-state index >= 15 is 0 Å². The molecule has 0 aliphatic carbocycles. The van der Waals surface area contributed by atoms with Crippen molar-refractivity contribution in [1.82, 2.24) is 0 Å². The van der Waals surface area contributed by atoms with E-state index in [4.69, 9.17) is 17.2 Å². The molecule has 0 aliphatic rings. The summed E-state index contributed by atoms with van der Waals surface area (Å²) < 4.78 is 0. The number of anilines is 1. The van der Waals surface area contributed by atoms with Crippen LogP contribution in [0.5, 0.6) is 0 Å². The summed E-state index contributed by atoms with van der Waals surface area (Å²) in [6, 6.07) is 6.95. The van der Waals surface area contributed by atoms with Crippen molar-refractivity contribution in [2.24, 2.45) is 11.5 Å². The zero-order chi connectivity index (χ0) is 10.1. The van der Waals surface area contributed by atoms with Gasteiger partial charge in [-0.2, -0.15) is 0 Å². The molecular formula is C9H15N3NiO. The zero-order valence-electron chi connectivity index (χ0n) is 7.76. The number of benzene rings is 1. The maximum absolute atomic E-state index is 10.1. The predicted molar refractivity (Wildman–Crippen MR) is 54.4 cm³/mol. The van der Waals surface area contributed by atoms with Gasteiger partial charge in [0.25, 0.3) is 0 Å². The predicted octanol–water partition coefficient (Wildman–Crippen LogP) is -0.0174. The van der Waals surface area contributed by atoms with Gasteiger partial charge in [-0.15, -0.1) is 0 Å². The second kappa shape index (κ2) is 10.2. The number of carbonyl (C=O) groups excluding carboxylic acids is 1. The molecule has 14 heavy (non-hydrogen) atoms. The fourth-order valence-electron chi connectivity index (χ4n) is 0.618. The first-order chi connectivity index (χ1) is 6.26. The third-order valence-electron chi connectivity index (χ3n) is 1.29. The van der Waals surface area contributed by atoms with Crippen LogP contribution in [-0.4, -0.2) is 19.4 Å². The Morgan fingerprint density at radius 2 is 1.64 bits per heavy atom. The molecule has 4 nitrogen and oxygen atoms in total. The van der Waals surface area contributed by atoms with E-state index in [9.17, 15) is 4.79 Å². The van der Waals surface area contributed by atoms with Crippen molar-refractivity contribution in [1.29, 1.82) is 0 Å². The molecule has 6 N–H and O–H groups in total. The summed E-state index contributed by atoms with van der Waals surface area (Å²) >= 11 is 0. The van der Waals surface area contributed by atoms with Gasteiger partial charge in [0.1, 0.15) is 0 Å². The van der Waals surface area contributed by atoms with Crippen LogP contribution in [0, 0.1) is 0 Å². The number of hydrogen-bond donors (Lipinski definition) is 3. The van der Waals surface area contributed by atoms with Crippen LogP contribution >= 0.6 is 0 Å². The Labute approximate surface area is 93.8 Å². The quantitative estimate of drug-likeness (QED) is 0.384. The monoisotopic (exact) mass is 239 g/mol. The van der Waals surface area contributed by atoms with Gasteiger partial charge in [0.2, 0.25) is 0 Å². The van der Waals surface area contributed by atoms with E-state index in [0.29, 0.717) is 24.3 Å². The summed E-state index contributed by atoms with van der Waals surface area (Å²) in [5.74, 6) is 0.